The van der Waals surface area contributed by atoms with Gasteiger partial charge in [0.2, 0.25) is 11.8 Å². The van der Waals surface area contributed by atoms with Crippen LogP contribution in [0.5, 0.6) is 5.88 Å². The summed E-state index contributed by atoms with van der Waals surface area (Å²) in [4.78, 5) is 4.49. The smallest absolute Gasteiger partial charge is 0.258 e. The molecule has 0 radical (unpaired) electrons. The summed E-state index contributed by atoms with van der Waals surface area (Å²) >= 11 is 0. The number of aliphatic hydroxyl groups is 1. The average molecular weight is 475 g/mol. The van der Waals surface area contributed by atoms with Crippen LogP contribution in [0.25, 0.3) is 27.7 Å². The van der Waals surface area contributed by atoms with E-state index in [-0.39, 0.29) is 23.0 Å². The van der Waals surface area contributed by atoms with Crippen molar-refractivity contribution < 1.29 is 23.0 Å². The Labute approximate surface area is 192 Å². The third-order valence-electron chi connectivity index (χ3n) is 6.26. The number of nitrogens with zero attached hydrogens (tertiary/aromatic N) is 6. The number of fused-ring (bicyclic) bond motifs is 2. The Morgan fingerprint density at radius 3 is 2.76 bits per heavy atom. The number of hydrogen-bond acceptors (Lipinski definition) is 7. The van der Waals surface area contributed by atoms with Crippen molar-refractivity contribution in [3.8, 4) is 17.0 Å². The molecular weight excluding hydrogens is 451 g/mol. The average Bonchev–Trinajstić information content (AvgIpc) is 3.39. The number of alkyl halides is 2. The van der Waals surface area contributed by atoms with Gasteiger partial charge in [0.1, 0.15) is 17.6 Å². The molecule has 1 fully saturated rings. The third-order valence-corrected chi connectivity index (χ3v) is 6.26. The number of ether oxygens (including phenoxy) is 1. The van der Waals surface area contributed by atoms with Crippen LogP contribution >= 0.6 is 0 Å². The lowest BCUT2D eigenvalue weighted by Gasteiger charge is -2.33. The van der Waals surface area contributed by atoms with Crippen LogP contribution in [-0.2, 0) is 6.54 Å². The van der Waals surface area contributed by atoms with Gasteiger partial charge in [-0.15, -0.1) is 10.2 Å². The monoisotopic (exact) mass is 475 g/mol. The lowest BCUT2D eigenvalue weighted by molar-refractivity contribution is 0.0195. The SMILES string of the molecule is COc1nc(NC2CCC(C)(O)CC2)nn2ccc(-c3cc(F)c4nnn(CC(F)F)c4c3)c12. The minimum atomic E-state index is -2.65. The first kappa shape index (κ1) is 22.4. The van der Waals surface area contributed by atoms with Gasteiger partial charge in [0.05, 0.1) is 18.2 Å². The molecule has 34 heavy (non-hydrogen) atoms. The van der Waals surface area contributed by atoms with Crippen molar-refractivity contribution in [2.24, 2.45) is 0 Å². The Bertz CT molecular complexity index is 1340. The molecule has 12 heteroatoms. The van der Waals surface area contributed by atoms with Gasteiger partial charge in [-0.1, -0.05) is 5.21 Å². The molecule has 180 valence electrons. The lowest BCUT2D eigenvalue weighted by Crippen LogP contribution is -2.36. The van der Waals surface area contributed by atoms with Gasteiger partial charge in [-0.2, -0.15) is 4.98 Å². The Morgan fingerprint density at radius 2 is 2.06 bits per heavy atom. The fraction of sp³-hybridized carbons (Fsp3) is 0.455. The van der Waals surface area contributed by atoms with Gasteiger partial charge in [-0.05, 0) is 56.4 Å². The first-order valence-electron chi connectivity index (χ1n) is 11.0. The number of nitrogens with one attached hydrogen (secondary N) is 1. The molecule has 3 heterocycles. The van der Waals surface area contributed by atoms with Gasteiger partial charge in [0.25, 0.3) is 6.43 Å². The van der Waals surface area contributed by atoms with E-state index in [1.165, 1.54) is 13.2 Å². The van der Waals surface area contributed by atoms with Crippen molar-refractivity contribution in [1.29, 1.82) is 0 Å². The zero-order chi connectivity index (χ0) is 24.0. The van der Waals surface area contributed by atoms with E-state index < -0.39 is 24.4 Å². The van der Waals surface area contributed by atoms with Gasteiger partial charge in [0, 0.05) is 17.8 Å². The van der Waals surface area contributed by atoms with Crippen molar-refractivity contribution in [2.75, 3.05) is 12.4 Å². The van der Waals surface area contributed by atoms with Crippen LogP contribution < -0.4 is 10.1 Å². The molecule has 0 atom stereocenters. The summed E-state index contributed by atoms with van der Waals surface area (Å²) in [6.07, 6.45) is 1.98. The fourth-order valence-corrected chi connectivity index (χ4v) is 4.44. The molecule has 2 N–H and O–H groups in total. The van der Waals surface area contributed by atoms with E-state index in [0.29, 0.717) is 35.4 Å². The van der Waals surface area contributed by atoms with E-state index in [2.05, 4.69) is 25.7 Å². The Morgan fingerprint density at radius 1 is 1.29 bits per heavy atom. The van der Waals surface area contributed by atoms with Crippen LogP contribution in [0, 0.1) is 5.82 Å². The van der Waals surface area contributed by atoms with E-state index in [1.54, 1.807) is 22.8 Å². The number of hydrogen-bond donors (Lipinski definition) is 2. The second kappa shape index (κ2) is 8.42. The number of benzene rings is 1. The molecule has 0 unspecified atom stereocenters. The molecule has 3 aromatic heterocycles. The summed E-state index contributed by atoms with van der Waals surface area (Å²) in [5.41, 5.74) is 0.957. The Hall–Kier alpha value is -3.41. The first-order valence-corrected chi connectivity index (χ1v) is 11.0. The predicted octanol–water partition coefficient (Wildman–Crippen LogP) is 3.66. The summed E-state index contributed by atoms with van der Waals surface area (Å²) in [5, 5.41) is 25.3. The molecule has 1 aliphatic carbocycles. The van der Waals surface area contributed by atoms with E-state index >= 15 is 0 Å². The highest BCUT2D eigenvalue weighted by Crippen LogP contribution is 2.34. The molecule has 0 bridgehead atoms. The largest absolute Gasteiger partial charge is 0.479 e. The van der Waals surface area contributed by atoms with E-state index in [1.807, 2.05) is 6.92 Å². The van der Waals surface area contributed by atoms with Crippen molar-refractivity contribution in [3.05, 3.63) is 30.2 Å². The van der Waals surface area contributed by atoms with Gasteiger partial charge < -0.3 is 15.2 Å². The topological polar surface area (TPSA) is 102 Å². The highest BCUT2D eigenvalue weighted by molar-refractivity contribution is 5.89. The molecule has 5 rings (SSSR count). The summed E-state index contributed by atoms with van der Waals surface area (Å²) in [6.45, 7) is 1.15. The lowest BCUT2D eigenvalue weighted by atomic mass is 9.84. The fourth-order valence-electron chi connectivity index (χ4n) is 4.44. The molecule has 1 aromatic carbocycles. The van der Waals surface area contributed by atoms with Crippen molar-refractivity contribution >= 4 is 22.5 Å². The van der Waals surface area contributed by atoms with Crippen LogP contribution in [0.4, 0.5) is 19.1 Å². The zero-order valence-corrected chi connectivity index (χ0v) is 18.7. The second-order valence-corrected chi connectivity index (χ2v) is 8.87. The standard InChI is InChI=1S/C22H24F3N7O2/c1-22(33)6-3-13(4-7-22)26-21-27-20(34-2)19-14(5-8-31(19)29-21)12-9-15(23)18-16(10-12)32(30-28-18)11-17(24)25/h5,8-10,13,17,33H,3-4,6-7,11H2,1-2H3,(H,26,29). The van der Waals surface area contributed by atoms with Crippen LogP contribution in [0.2, 0.25) is 0 Å². The van der Waals surface area contributed by atoms with Crippen LogP contribution in [-0.4, -0.2) is 59.9 Å². The molecule has 4 aromatic rings. The minimum absolute atomic E-state index is 0.0749. The van der Waals surface area contributed by atoms with E-state index in [4.69, 9.17) is 4.74 Å². The highest BCUT2D eigenvalue weighted by Gasteiger charge is 2.29. The number of aromatic nitrogens is 6. The highest BCUT2D eigenvalue weighted by atomic mass is 19.3. The minimum Gasteiger partial charge on any atom is -0.479 e. The van der Waals surface area contributed by atoms with Crippen molar-refractivity contribution in [1.82, 2.24) is 29.6 Å². The van der Waals surface area contributed by atoms with Gasteiger partial charge in [-0.25, -0.2) is 22.4 Å². The number of methoxy groups -OCH3 is 1. The molecule has 0 amide bonds. The first-order chi connectivity index (χ1) is 16.2. The van der Waals surface area contributed by atoms with Crippen LogP contribution in [0.3, 0.4) is 0 Å². The summed E-state index contributed by atoms with van der Waals surface area (Å²) in [5.74, 6) is -0.0161. The number of anilines is 1. The predicted molar refractivity (Wildman–Crippen MR) is 119 cm³/mol. The summed E-state index contributed by atoms with van der Waals surface area (Å²) in [7, 11) is 1.48. The summed E-state index contributed by atoms with van der Waals surface area (Å²) in [6, 6.07) is 4.70. The maximum atomic E-state index is 14.8. The normalized spacial score (nSPS) is 21.0. The Balaban J connectivity index is 1.52. The second-order valence-electron chi connectivity index (χ2n) is 8.87. The van der Waals surface area contributed by atoms with E-state index in [0.717, 1.165) is 17.5 Å². The van der Waals surface area contributed by atoms with E-state index in [9.17, 15) is 18.3 Å². The number of halogens is 3. The molecule has 9 nitrogen and oxygen atoms in total. The molecule has 0 aliphatic heterocycles. The quantitative estimate of drug-likeness (QED) is 0.439. The molecule has 1 aliphatic rings. The maximum absolute atomic E-state index is 14.8. The molecule has 0 spiro atoms. The Kier molecular flexibility index (Phi) is 5.54. The molecule has 0 saturated heterocycles. The number of rotatable bonds is 6. The third kappa shape index (κ3) is 4.13. The summed E-state index contributed by atoms with van der Waals surface area (Å²) < 4.78 is 48.7. The van der Waals surface area contributed by atoms with Gasteiger partial charge in [-0.3, -0.25) is 0 Å². The molecular formula is C22H24F3N7O2. The molecule has 1 saturated carbocycles. The van der Waals surface area contributed by atoms with Crippen molar-refractivity contribution in [3.63, 3.8) is 0 Å². The van der Waals surface area contributed by atoms with Crippen LogP contribution in [0.15, 0.2) is 24.4 Å². The van der Waals surface area contributed by atoms with Crippen LogP contribution in [0.1, 0.15) is 32.6 Å². The van der Waals surface area contributed by atoms with Crippen molar-refractivity contribution in [2.45, 2.75) is 57.2 Å². The van der Waals surface area contributed by atoms with Gasteiger partial charge in [0.15, 0.2) is 5.82 Å². The zero-order valence-electron chi connectivity index (χ0n) is 18.7. The van der Waals surface area contributed by atoms with Gasteiger partial charge >= 0.3 is 0 Å². The maximum Gasteiger partial charge on any atom is 0.258 e.